The third-order valence-electron chi connectivity index (χ3n) is 3.02. The van der Waals surface area contributed by atoms with Gasteiger partial charge in [0, 0.05) is 19.0 Å². The summed E-state index contributed by atoms with van der Waals surface area (Å²) < 4.78 is 13.3. The SMILES string of the molecule is CC(=CC(=O)O)CN1C(=O)CCc2ccc(F)cc21. The van der Waals surface area contributed by atoms with E-state index in [0.717, 1.165) is 11.6 Å². The van der Waals surface area contributed by atoms with E-state index in [1.54, 1.807) is 13.0 Å². The van der Waals surface area contributed by atoms with Gasteiger partial charge in [-0.15, -0.1) is 0 Å². The van der Waals surface area contributed by atoms with Gasteiger partial charge in [0.2, 0.25) is 5.91 Å². The second kappa shape index (κ2) is 5.22. The number of rotatable bonds is 3. The normalized spacial score (nSPS) is 15.4. The lowest BCUT2D eigenvalue weighted by Gasteiger charge is -2.29. The Morgan fingerprint density at radius 3 is 2.89 bits per heavy atom. The van der Waals surface area contributed by atoms with Crippen LogP contribution in [0, 0.1) is 5.82 Å². The molecular weight excluding hydrogens is 249 g/mol. The van der Waals surface area contributed by atoms with E-state index in [1.165, 1.54) is 17.0 Å². The van der Waals surface area contributed by atoms with Crippen molar-refractivity contribution in [3.63, 3.8) is 0 Å². The maximum Gasteiger partial charge on any atom is 0.328 e. The Balaban J connectivity index is 2.33. The van der Waals surface area contributed by atoms with E-state index in [-0.39, 0.29) is 12.5 Å². The predicted molar refractivity (Wildman–Crippen MR) is 68.5 cm³/mol. The zero-order chi connectivity index (χ0) is 14.0. The molecule has 0 spiro atoms. The molecule has 1 N–H and O–H groups in total. The molecule has 0 bridgehead atoms. The highest BCUT2D eigenvalue weighted by Crippen LogP contribution is 2.29. The molecule has 0 unspecified atom stereocenters. The van der Waals surface area contributed by atoms with Crippen LogP contribution in [-0.4, -0.2) is 23.5 Å². The highest BCUT2D eigenvalue weighted by atomic mass is 19.1. The Morgan fingerprint density at radius 1 is 1.47 bits per heavy atom. The molecule has 0 saturated heterocycles. The van der Waals surface area contributed by atoms with E-state index >= 15 is 0 Å². The molecule has 4 nitrogen and oxygen atoms in total. The maximum atomic E-state index is 13.3. The van der Waals surface area contributed by atoms with E-state index in [0.29, 0.717) is 24.1 Å². The van der Waals surface area contributed by atoms with Gasteiger partial charge in [-0.1, -0.05) is 6.07 Å². The number of halogens is 1. The lowest BCUT2D eigenvalue weighted by molar-refractivity contribution is -0.131. The summed E-state index contributed by atoms with van der Waals surface area (Å²) in [6.45, 7) is 1.80. The zero-order valence-electron chi connectivity index (χ0n) is 10.5. The molecule has 1 aliphatic rings. The van der Waals surface area contributed by atoms with Crippen LogP contribution in [0.3, 0.4) is 0 Å². The minimum atomic E-state index is -1.05. The lowest BCUT2D eigenvalue weighted by atomic mass is 10.0. The van der Waals surface area contributed by atoms with Crippen molar-refractivity contribution in [1.29, 1.82) is 0 Å². The van der Waals surface area contributed by atoms with Crippen LogP contribution in [0.5, 0.6) is 0 Å². The summed E-state index contributed by atoms with van der Waals surface area (Å²) in [5.74, 6) is -1.57. The minimum absolute atomic E-state index is 0.115. The second-order valence-corrected chi connectivity index (χ2v) is 4.58. The molecule has 1 amide bonds. The fourth-order valence-corrected chi connectivity index (χ4v) is 2.19. The first-order chi connectivity index (χ1) is 8.97. The van der Waals surface area contributed by atoms with Gasteiger partial charge < -0.3 is 10.0 Å². The molecule has 0 atom stereocenters. The summed E-state index contributed by atoms with van der Waals surface area (Å²) in [4.78, 5) is 24.0. The van der Waals surface area contributed by atoms with Crippen LogP contribution in [-0.2, 0) is 16.0 Å². The van der Waals surface area contributed by atoms with Crippen molar-refractivity contribution < 1.29 is 19.1 Å². The molecule has 0 radical (unpaired) electrons. The molecule has 100 valence electrons. The molecule has 1 aliphatic heterocycles. The van der Waals surface area contributed by atoms with Crippen molar-refractivity contribution in [2.45, 2.75) is 19.8 Å². The van der Waals surface area contributed by atoms with Crippen molar-refractivity contribution in [2.24, 2.45) is 0 Å². The van der Waals surface area contributed by atoms with Gasteiger partial charge in [-0.2, -0.15) is 0 Å². The number of amides is 1. The maximum absolute atomic E-state index is 13.3. The lowest BCUT2D eigenvalue weighted by Crippen LogP contribution is -2.36. The molecule has 1 heterocycles. The Kier molecular flexibility index (Phi) is 3.64. The monoisotopic (exact) mass is 263 g/mol. The number of nitrogens with zero attached hydrogens (tertiary/aromatic N) is 1. The first-order valence-electron chi connectivity index (χ1n) is 5.96. The van der Waals surface area contributed by atoms with Crippen molar-refractivity contribution in [3.8, 4) is 0 Å². The number of carboxylic acid groups (broad SMARTS) is 1. The number of fused-ring (bicyclic) bond motifs is 1. The van der Waals surface area contributed by atoms with Gasteiger partial charge in [0.25, 0.3) is 0 Å². The average molecular weight is 263 g/mol. The average Bonchev–Trinajstić information content (AvgIpc) is 2.32. The summed E-state index contributed by atoms with van der Waals surface area (Å²) in [5, 5.41) is 8.68. The zero-order valence-corrected chi connectivity index (χ0v) is 10.5. The van der Waals surface area contributed by atoms with E-state index in [9.17, 15) is 14.0 Å². The summed E-state index contributed by atoms with van der Waals surface area (Å²) >= 11 is 0. The van der Waals surface area contributed by atoms with E-state index in [4.69, 9.17) is 5.11 Å². The van der Waals surface area contributed by atoms with Crippen LogP contribution in [0.1, 0.15) is 18.9 Å². The van der Waals surface area contributed by atoms with Crippen LogP contribution in [0.4, 0.5) is 10.1 Å². The Labute approximate surface area is 110 Å². The second-order valence-electron chi connectivity index (χ2n) is 4.58. The summed E-state index contributed by atoms with van der Waals surface area (Å²) in [5.41, 5.74) is 1.98. The van der Waals surface area contributed by atoms with E-state index in [1.807, 2.05) is 0 Å². The number of hydrogen-bond donors (Lipinski definition) is 1. The first kappa shape index (κ1) is 13.3. The van der Waals surface area contributed by atoms with Crippen LogP contribution in [0.2, 0.25) is 0 Å². The van der Waals surface area contributed by atoms with Gasteiger partial charge in [-0.05, 0) is 36.6 Å². The molecule has 0 saturated carbocycles. The Hall–Kier alpha value is -2.17. The fraction of sp³-hybridized carbons (Fsp3) is 0.286. The molecule has 0 fully saturated rings. The largest absolute Gasteiger partial charge is 0.478 e. The fourth-order valence-electron chi connectivity index (χ4n) is 2.19. The van der Waals surface area contributed by atoms with Crippen molar-refractivity contribution in [1.82, 2.24) is 0 Å². The molecule has 1 aromatic carbocycles. The third kappa shape index (κ3) is 2.99. The number of carboxylic acids is 1. The molecule has 5 heteroatoms. The predicted octanol–water partition coefficient (Wildman–Crippen LogP) is 2.14. The number of anilines is 1. The first-order valence-corrected chi connectivity index (χ1v) is 5.96. The molecule has 2 rings (SSSR count). The van der Waals surface area contributed by atoms with Crippen molar-refractivity contribution >= 4 is 17.6 Å². The van der Waals surface area contributed by atoms with Crippen molar-refractivity contribution in [2.75, 3.05) is 11.4 Å². The summed E-state index contributed by atoms with van der Waals surface area (Å²) in [6.07, 6.45) is 2.01. The number of benzene rings is 1. The minimum Gasteiger partial charge on any atom is -0.478 e. The highest BCUT2D eigenvalue weighted by Gasteiger charge is 2.24. The summed E-state index contributed by atoms with van der Waals surface area (Å²) in [7, 11) is 0. The summed E-state index contributed by atoms with van der Waals surface area (Å²) in [6, 6.07) is 4.35. The van der Waals surface area contributed by atoms with Gasteiger partial charge >= 0.3 is 5.97 Å². The number of hydrogen-bond acceptors (Lipinski definition) is 2. The van der Waals surface area contributed by atoms with E-state index in [2.05, 4.69) is 0 Å². The van der Waals surface area contributed by atoms with Crippen LogP contribution >= 0.6 is 0 Å². The van der Waals surface area contributed by atoms with E-state index < -0.39 is 11.8 Å². The molecular formula is C14H14FNO3. The number of carbonyl (C=O) groups excluding carboxylic acids is 1. The third-order valence-corrected chi connectivity index (χ3v) is 3.02. The van der Waals surface area contributed by atoms with Crippen LogP contribution < -0.4 is 4.90 Å². The molecule has 1 aromatic rings. The smallest absolute Gasteiger partial charge is 0.328 e. The Morgan fingerprint density at radius 2 is 2.21 bits per heavy atom. The molecule has 0 aliphatic carbocycles. The van der Waals surface area contributed by atoms with Gasteiger partial charge in [-0.3, -0.25) is 4.79 Å². The quantitative estimate of drug-likeness (QED) is 0.850. The standard InChI is InChI=1S/C14H14FNO3/c1-9(6-14(18)19)8-16-12-7-11(15)4-2-10(12)3-5-13(16)17/h2,4,6-7H,3,5,8H2,1H3,(H,18,19). The number of aryl methyl sites for hydroxylation is 1. The molecule has 19 heavy (non-hydrogen) atoms. The van der Waals surface area contributed by atoms with Crippen LogP contribution in [0.25, 0.3) is 0 Å². The van der Waals surface area contributed by atoms with Gasteiger partial charge in [-0.25, -0.2) is 9.18 Å². The van der Waals surface area contributed by atoms with Crippen LogP contribution in [0.15, 0.2) is 29.8 Å². The number of carbonyl (C=O) groups is 2. The highest BCUT2D eigenvalue weighted by molar-refractivity contribution is 5.97. The van der Waals surface area contributed by atoms with Gasteiger partial charge in [0.1, 0.15) is 5.82 Å². The van der Waals surface area contributed by atoms with Crippen molar-refractivity contribution in [3.05, 3.63) is 41.2 Å². The molecule has 0 aromatic heterocycles. The van der Waals surface area contributed by atoms with Gasteiger partial charge in [0.15, 0.2) is 0 Å². The van der Waals surface area contributed by atoms with Gasteiger partial charge in [0.05, 0.1) is 5.69 Å². The number of aliphatic carboxylic acids is 1. The topological polar surface area (TPSA) is 57.6 Å². The Bertz CT molecular complexity index is 566.